The molecule has 0 saturated carbocycles. The topological polar surface area (TPSA) is 20.2 Å². The molecular weight excluding hydrogens is 240 g/mol. The van der Waals surface area contributed by atoms with Gasteiger partial charge in [0.2, 0.25) is 0 Å². The highest BCUT2D eigenvalue weighted by molar-refractivity contribution is 7.81. The number of thiocarbonyl (C=S) groups is 1. The van der Waals surface area contributed by atoms with Gasteiger partial charge >= 0.3 is 0 Å². The Morgan fingerprint density at radius 1 is 1.11 bits per heavy atom. The fourth-order valence-electron chi connectivity index (χ4n) is 1.60. The van der Waals surface area contributed by atoms with E-state index in [1.807, 2.05) is 61.5 Å². The van der Waals surface area contributed by atoms with Crippen molar-refractivity contribution in [2.45, 2.75) is 6.92 Å². The third kappa shape index (κ3) is 3.05. The van der Waals surface area contributed by atoms with Gasteiger partial charge in [0.25, 0.3) is 0 Å². The normalized spacial score (nSPS) is 10.7. The fraction of sp³-hybridized carbons (Fsp3) is 0.0625. The maximum atomic E-state index is 9.62. The van der Waals surface area contributed by atoms with Gasteiger partial charge in [-0.2, -0.15) is 0 Å². The van der Waals surface area contributed by atoms with Crippen LogP contribution in [-0.4, -0.2) is 9.97 Å². The molecule has 0 amide bonds. The summed E-state index contributed by atoms with van der Waals surface area (Å²) in [6.07, 6.45) is 3.79. The highest BCUT2D eigenvalue weighted by Gasteiger charge is 1.97. The number of phenolic OH excluding ortho intramolecular Hbond substituents is 1. The lowest BCUT2D eigenvalue weighted by molar-refractivity contribution is 0.471. The summed E-state index contributed by atoms with van der Waals surface area (Å²) in [6, 6.07) is 15.5. The van der Waals surface area contributed by atoms with Crippen molar-refractivity contribution in [1.82, 2.24) is 0 Å². The van der Waals surface area contributed by atoms with Gasteiger partial charge < -0.3 is 5.11 Å². The Hall–Kier alpha value is -1.93. The molecule has 0 spiro atoms. The van der Waals surface area contributed by atoms with Gasteiger partial charge in [-0.3, -0.25) is 0 Å². The zero-order chi connectivity index (χ0) is 13.0. The predicted molar refractivity (Wildman–Crippen MR) is 80.0 cm³/mol. The number of aryl methyl sites for hydroxylation is 1. The number of hydrogen-bond donors (Lipinski definition) is 1. The van der Waals surface area contributed by atoms with E-state index in [0.717, 1.165) is 21.6 Å². The van der Waals surface area contributed by atoms with Crippen molar-refractivity contribution in [3.8, 4) is 5.75 Å². The minimum Gasteiger partial charge on any atom is -0.508 e. The Kier molecular flexibility index (Phi) is 3.90. The van der Waals surface area contributed by atoms with E-state index >= 15 is 0 Å². The molecule has 1 N–H and O–H groups in total. The van der Waals surface area contributed by atoms with Crippen LogP contribution < -0.4 is 0 Å². The van der Waals surface area contributed by atoms with Gasteiger partial charge in [0.05, 0.1) is 0 Å². The average molecular weight is 254 g/mol. The van der Waals surface area contributed by atoms with Crippen molar-refractivity contribution in [3.63, 3.8) is 0 Å². The molecule has 0 aliphatic rings. The summed E-state index contributed by atoms with van der Waals surface area (Å²) in [5.41, 5.74) is 2.84. The van der Waals surface area contributed by atoms with Crippen LogP contribution in [0.4, 0.5) is 0 Å². The molecule has 90 valence electrons. The first-order valence-corrected chi connectivity index (χ1v) is 6.15. The monoisotopic (exact) mass is 254 g/mol. The maximum absolute atomic E-state index is 9.62. The zero-order valence-corrected chi connectivity index (χ0v) is 10.9. The second-order valence-corrected chi connectivity index (χ2v) is 4.55. The minimum absolute atomic E-state index is 0.308. The predicted octanol–water partition coefficient (Wildman–Crippen LogP) is 4.13. The zero-order valence-electron chi connectivity index (χ0n) is 10.1. The van der Waals surface area contributed by atoms with Gasteiger partial charge in [0.15, 0.2) is 0 Å². The van der Waals surface area contributed by atoms with Crippen molar-refractivity contribution in [2.24, 2.45) is 0 Å². The summed E-state index contributed by atoms with van der Waals surface area (Å²) in [7, 11) is 0. The largest absolute Gasteiger partial charge is 0.508 e. The van der Waals surface area contributed by atoms with E-state index in [2.05, 4.69) is 0 Å². The lowest BCUT2D eigenvalue weighted by Gasteiger charge is -2.00. The van der Waals surface area contributed by atoms with Gasteiger partial charge in [0, 0.05) is 4.86 Å². The summed E-state index contributed by atoms with van der Waals surface area (Å²) in [4.78, 5) is 0.788. The molecule has 0 aliphatic heterocycles. The fourth-order valence-corrected chi connectivity index (χ4v) is 1.80. The molecule has 2 aromatic carbocycles. The molecular formula is C16H14OS. The van der Waals surface area contributed by atoms with Crippen LogP contribution in [0.3, 0.4) is 0 Å². The Morgan fingerprint density at radius 2 is 1.83 bits per heavy atom. The maximum Gasteiger partial charge on any atom is 0.119 e. The molecule has 0 atom stereocenters. The van der Waals surface area contributed by atoms with Gasteiger partial charge in [0.1, 0.15) is 5.75 Å². The Labute approximate surface area is 112 Å². The first-order valence-electron chi connectivity index (χ1n) is 5.74. The average Bonchev–Trinajstić information content (AvgIpc) is 2.41. The number of rotatable bonds is 3. The van der Waals surface area contributed by atoms with Crippen molar-refractivity contribution >= 4 is 23.2 Å². The molecule has 2 heteroatoms. The first kappa shape index (κ1) is 12.5. The summed E-state index contributed by atoms with van der Waals surface area (Å²) < 4.78 is 0. The molecule has 0 radical (unpaired) electrons. The molecule has 0 saturated heterocycles. The van der Waals surface area contributed by atoms with Crippen LogP contribution in [0.2, 0.25) is 0 Å². The molecule has 18 heavy (non-hydrogen) atoms. The second kappa shape index (κ2) is 5.61. The molecule has 0 unspecified atom stereocenters. The second-order valence-electron chi connectivity index (χ2n) is 4.11. The number of aromatic hydroxyl groups is 1. The third-order valence-electron chi connectivity index (χ3n) is 2.72. The highest BCUT2D eigenvalue weighted by atomic mass is 32.1. The lowest BCUT2D eigenvalue weighted by Crippen LogP contribution is -1.90. The van der Waals surface area contributed by atoms with E-state index in [1.165, 1.54) is 0 Å². The van der Waals surface area contributed by atoms with Gasteiger partial charge in [-0.25, -0.2) is 0 Å². The summed E-state index contributed by atoms with van der Waals surface area (Å²) in [6.45, 7) is 1.87. The molecule has 0 bridgehead atoms. The van der Waals surface area contributed by atoms with E-state index in [0.29, 0.717) is 5.75 Å². The molecule has 0 aliphatic carbocycles. The van der Waals surface area contributed by atoms with E-state index in [-0.39, 0.29) is 0 Å². The SMILES string of the molecule is Cc1ccc(C=CC(=S)c2ccccc2)cc1O. The first-order chi connectivity index (χ1) is 8.66. The summed E-state index contributed by atoms with van der Waals surface area (Å²) in [5, 5.41) is 9.62. The number of hydrogen-bond acceptors (Lipinski definition) is 2. The molecule has 2 aromatic rings. The Bertz CT molecular complexity index is 585. The summed E-state index contributed by atoms with van der Waals surface area (Å²) in [5.74, 6) is 0.308. The van der Waals surface area contributed by atoms with E-state index in [1.54, 1.807) is 6.07 Å². The van der Waals surface area contributed by atoms with Crippen LogP contribution in [0.15, 0.2) is 54.6 Å². The number of allylic oxidation sites excluding steroid dienone is 1. The lowest BCUT2D eigenvalue weighted by atomic mass is 10.1. The van der Waals surface area contributed by atoms with Crippen LogP contribution in [0.5, 0.6) is 5.75 Å². The van der Waals surface area contributed by atoms with Gasteiger partial charge in [-0.1, -0.05) is 60.8 Å². The third-order valence-corrected chi connectivity index (χ3v) is 3.09. The van der Waals surface area contributed by atoms with E-state index < -0.39 is 0 Å². The van der Waals surface area contributed by atoms with Crippen molar-refractivity contribution in [2.75, 3.05) is 0 Å². The Balaban J connectivity index is 2.16. The van der Waals surface area contributed by atoms with Gasteiger partial charge in [-0.05, 0) is 35.8 Å². The number of benzene rings is 2. The summed E-state index contributed by atoms with van der Waals surface area (Å²) >= 11 is 5.33. The van der Waals surface area contributed by atoms with Gasteiger partial charge in [-0.15, -0.1) is 0 Å². The van der Waals surface area contributed by atoms with Crippen LogP contribution in [0.1, 0.15) is 16.7 Å². The Morgan fingerprint density at radius 3 is 2.50 bits per heavy atom. The van der Waals surface area contributed by atoms with Crippen molar-refractivity contribution in [3.05, 3.63) is 71.3 Å². The number of phenols is 1. The van der Waals surface area contributed by atoms with Crippen LogP contribution in [-0.2, 0) is 0 Å². The van der Waals surface area contributed by atoms with Crippen LogP contribution in [0, 0.1) is 6.92 Å². The molecule has 2 rings (SSSR count). The quantitative estimate of drug-likeness (QED) is 0.505. The molecule has 0 aromatic heterocycles. The van der Waals surface area contributed by atoms with E-state index in [4.69, 9.17) is 12.2 Å². The highest BCUT2D eigenvalue weighted by Crippen LogP contribution is 2.18. The smallest absolute Gasteiger partial charge is 0.119 e. The van der Waals surface area contributed by atoms with Crippen LogP contribution >= 0.6 is 12.2 Å². The van der Waals surface area contributed by atoms with Crippen LogP contribution in [0.25, 0.3) is 6.08 Å². The minimum atomic E-state index is 0.308. The molecule has 0 fully saturated rings. The molecule has 0 heterocycles. The molecule has 1 nitrogen and oxygen atoms in total. The standard InChI is InChI=1S/C16H14OS/c1-12-7-8-13(11-15(12)17)9-10-16(18)14-5-3-2-4-6-14/h2-11,17H,1H3. The van der Waals surface area contributed by atoms with E-state index in [9.17, 15) is 5.11 Å². The van der Waals surface area contributed by atoms with Crippen molar-refractivity contribution < 1.29 is 5.11 Å². The van der Waals surface area contributed by atoms with Crippen molar-refractivity contribution in [1.29, 1.82) is 0 Å².